The first-order chi connectivity index (χ1) is 11.9. The maximum absolute atomic E-state index is 2.31. The number of fused-ring (bicyclic) bond motifs is 2. The van der Waals surface area contributed by atoms with Crippen molar-refractivity contribution in [2.75, 3.05) is 0 Å². The van der Waals surface area contributed by atoms with Gasteiger partial charge < -0.3 is 0 Å². The second-order valence-corrected chi connectivity index (χ2v) is 7.83. The summed E-state index contributed by atoms with van der Waals surface area (Å²) in [4.78, 5) is 2.65. The molecule has 0 saturated heterocycles. The molecule has 0 atom stereocenters. The smallest absolute Gasteiger partial charge is 0.0342 e. The lowest BCUT2D eigenvalue weighted by atomic mass is 9.99. The molecule has 5 aromatic rings. The molecule has 0 fully saturated rings. The first-order valence-corrected chi connectivity index (χ1v) is 9.68. The highest BCUT2D eigenvalue weighted by atomic mass is 32.1. The van der Waals surface area contributed by atoms with Gasteiger partial charge in [0.15, 0.2) is 0 Å². The first-order valence-electron chi connectivity index (χ1n) is 7.92. The molecule has 0 spiro atoms. The third-order valence-electron chi connectivity index (χ3n) is 4.41. The van der Waals surface area contributed by atoms with Crippen LogP contribution in [0.25, 0.3) is 42.4 Å². The highest BCUT2D eigenvalue weighted by Crippen LogP contribution is 2.32. The van der Waals surface area contributed by atoms with Gasteiger partial charge >= 0.3 is 0 Å². The molecule has 0 aliphatic heterocycles. The second-order valence-electron chi connectivity index (χ2n) is 5.93. The van der Waals surface area contributed by atoms with Crippen molar-refractivity contribution in [2.24, 2.45) is 0 Å². The fourth-order valence-electron chi connectivity index (χ4n) is 3.19. The Kier molecular flexibility index (Phi) is 3.25. The van der Waals surface area contributed by atoms with Crippen molar-refractivity contribution in [3.8, 4) is 20.9 Å². The number of benzene rings is 3. The first kappa shape index (κ1) is 14.0. The standard InChI is InChI=1S/C22H14S2/c1-3-21(23-9-1)17-7-5-15-12-20-14-18(22-4-2-10-24-22)8-6-16(20)11-19(15)13-17/h1-14H. The summed E-state index contributed by atoms with van der Waals surface area (Å²) in [6.45, 7) is 0. The van der Waals surface area contributed by atoms with Crippen molar-refractivity contribution >= 4 is 44.2 Å². The Bertz CT molecular complexity index is 1040. The summed E-state index contributed by atoms with van der Waals surface area (Å²) >= 11 is 3.58. The van der Waals surface area contributed by atoms with Gasteiger partial charge in [-0.25, -0.2) is 0 Å². The van der Waals surface area contributed by atoms with Crippen LogP contribution in [0.4, 0.5) is 0 Å². The lowest BCUT2D eigenvalue weighted by Gasteiger charge is -2.06. The molecule has 0 unspecified atom stereocenters. The van der Waals surface area contributed by atoms with Gasteiger partial charge in [0.1, 0.15) is 0 Å². The zero-order chi connectivity index (χ0) is 15.9. The number of rotatable bonds is 2. The van der Waals surface area contributed by atoms with Crippen LogP contribution in [-0.4, -0.2) is 0 Å². The van der Waals surface area contributed by atoms with E-state index in [9.17, 15) is 0 Å². The molecule has 0 aliphatic rings. The summed E-state index contributed by atoms with van der Waals surface area (Å²) in [5.41, 5.74) is 2.60. The van der Waals surface area contributed by atoms with Gasteiger partial charge in [0.25, 0.3) is 0 Å². The molecule has 0 nitrogen and oxygen atoms in total. The highest BCUT2D eigenvalue weighted by Gasteiger charge is 2.05. The van der Waals surface area contributed by atoms with Crippen molar-refractivity contribution in [1.82, 2.24) is 0 Å². The normalized spacial score (nSPS) is 11.3. The van der Waals surface area contributed by atoms with Crippen molar-refractivity contribution in [3.05, 3.63) is 83.6 Å². The van der Waals surface area contributed by atoms with Crippen LogP contribution in [0.5, 0.6) is 0 Å². The van der Waals surface area contributed by atoms with Crippen molar-refractivity contribution in [1.29, 1.82) is 0 Å². The summed E-state index contributed by atoms with van der Waals surface area (Å²) in [5.74, 6) is 0. The molecule has 2 aromatic heterocycles. The predicted octanol–water partition coefficient (Wildman–Crippen LogP) is 7.45. The van der Waals surface area contributed by atoms with Crippen LogP contribution < -0.4 is 0 Å². The average Bonchev–Trinajstić information content (AvgIpc) is 3.32. The lowest BCUT2D eigenvalue weighted by molar-refractivity contribution is 1.74. The fourth-order valence-corrected chi connectivity index (χ4v) is 4.64. The number of hydrogen-bond donors (Lipinski definition) is 0. The van der Waals surface area contributed by atoms with Gasteiger partial charge in [-0.3, -0.25) is 0 Å². The highest BCUT2D eigenvalue weighted by molar-refractivity contribution is 7.13. The van der Waals surface area contributed by atoms with Crippen molar-refractivity contribution in [3.63, 3.8) is 0 Å². The third-order valence-corrected chi connectivity index (χ3v) is 6.24. The molecule has 0 radical (unpaired) electrons. The molecule has 0 bridgehead atoms. The van der Waals surface area contributed by atoms with E-state index in [1.165, 1.54) is 42.4 Å². The van der Waals surface area contributed by atoms with Gasteiger partial charge in [-0.15, -0.1) is 22.7 Å². The molecule has 0 aliphatic carbocycles. The maximum Gasteiger partial charge on any atom is 0.0342 e. The molecule has 5 rings (SSSR count). The molecule has 0 amide bonds. The van der Waals surface area contributed by atoms with Crippen LogP contribution in [0.2, 0.25) is 0 Å². The SMILES string of the molecule is c1csc(-c2ccc3cc4cc(-c5cccs5)ccc4cc3c2)c1. The molecule has 2 heterocycles. The molecule has 2 heteroatoms. The lowest BCUT2D eigenvalue weighted by Crippen LogP contribution is -1.80. The minimum absolute atomic E-state index is 1.30. The predicted molar refractivity (Wildman–Crippen MR) is 108 cm³/mol. The van der Waals surface area contributed by atoms with E-state index in [2.05, 4.69) is 83.6 Å². The van der Waals surface area contributed by atoms with Gasteiger partial charge in [-0.2, -0.15) is 0 Å². The Labute approximate surface area is 148 Å². The van der Waals surface area contributed by atoms with E-state index >= 15 is 0 Å². The molecule has 0 saturated carbocycles. The Hall–Kier alpha value is -2.42. The Morgan fingerprint density at radius 3 is 1.38 bits per heavy atom. The van der Waals surface area contributed by atoms with Crippen molar-refractivity contribution in [2.45, 2.75) is 0 Å². The Morgan fingerprint density at radius 1 is 0.458 bits per heavy atom. The largest absolute Gasteiger partial charge is 0.144 e. The summed E-state index contributed by atoms with van der Waals surface area (Å²) < 4.78 is 0. The average molecular weight is 342 g/mol. The second kappa shape index (κ2) is 5.59. The van der Waals surface area contributed by atoms with Crippen LogP contribution in [0, 0.1) is 0 Å². The van der Waals surface area contributed by atoms with E-state index in [4.69, 9.17) is 0 Å². The molecule has 0 N–H and O–H groups in total. The van der Waals surface area contributed by atoms with E-state index < -0.39 is 0 Å². The molecular weight excluding hydrogens is 328 g/mol. The minimum atomic E-state index is 1.30. The van der Waals surface area contributed by atoms with E-state index in [1.54, 1.807) is 22.7 Å². The van der Waals surface area contributed by atoms with Crippen LogP contribution >= 0.6 is 22.7 Å². The van der Waals surface area contributed by atoms with E-state index in [-0.39, 0.29) is 0 Å². The molecule has 24 heavy (non-hydrogen) atoms. The minimum Gasteiger partial charge on any atom is -0.144 e. The van der Waals surface area contributed by atoms with Gasteiger partial charge in [0.05, 0.1) is 0 Å². The summed E-state index contributed by atoms with van der Waals surface area (Å²) in [7, 11) is 0. The third kappa shape index (κ3) is 2.35. The van der Waals surface area contributed by atoms with Gasteiger partial charge in [0, 0.05) is 9.75 Å². The van der Waals surface area contributed by atoms with E-state index in [0.29, 0.717) is 0 Å². The zero-order valence-corrected chi connectivity index (χ0v) is 14.5. The monoisotopic (exact) mass is 342 g/mol. The van der Waals surface area contributed by atoms with Crippen LogP contribution in [0.3, 0.4) is 0 Å². The Balaban J connectivity index is 1.68. The zero-order valence-electron chi connectivity index (χ0n) is 12.9. The molecular formula is C22H14S2. The summed E-state index contributed by atoms with van der Waals surface area (Å²) in [6.07, 6.45) is 0. The number of hydrogen-bond acceptors (Lipinski definition) is 2. The van der Waals surface area contributed by atoms with E-state index in [0.717, 1.165) is 0 Å². The molecule has 3 aromatic carbocycles. The van der Waals surface area contributed by atoms with Crippen LogP contribution in [0.1, 0.15) is 0 Å². The van der Waals surface area contributed by atoms with Crippen LogP contribution in [-0.2, 0) is 0 Å². The van der Waals surface area contributed by atoms with E-state index in [1.807, 2.05) is 0 Å². The quantitative estimate of drug-likeness (QED) is 0.292. The van der Waals surface area contributed by atoms with Gasteiger partial charge in [0.2, 0.25) is 0 Å². The van der Waals surface area contributed by atoms with Gasteiger partial charge in [-0.1, -0.05) is 36.4 Å². The fraction of sp³-hybridized carbons (Fsp3) is 0. The van der Waals surface area contributed by atoms with Crippen LogP contribution in [0.15, 0.2) is 83.6 Å². The number of thiophene rings is 2. The van der Waals surface area contributed by atoms with Gasteiger partial charge in [-0.05, 0) is 79.8 Å². The topological polar surface area (TPSA) is 0 Å². The Morgan fingerprint density at radius 2 is 0.958 bits per heavy atom. The van der Waals surface area contributed by atoms with Crippen molar-refractivity contribution < 1.29 is 0 Å². The molecule has 114 valence electrons. The summed E-state index contributed by atoms with van der Waals surface area (Å²) in [6, 6.07) is 26.7. The maximum atomic E-state index is 2.31. The summed E-state index contributed by atoms with van der Waals surface area (Å²) in [5, 5.41) is 9.46.